The van der Waals surface area contributed by atoms with Gasteiger partial charge in [-0.15, -0.1) is 0 Å². The summed E-state index contributed by atoms with van der Waals surface area (Å²) >= 11 is 0. The molecular formula is C14H23NO2. The normalized spacial score (nSPS) is 35.1. The molecule has 96 valence electrons. The molecule has 0 radical (unpaired) electrons. The lowest BCUT2D eigenvalue weighted by Gasteiger charge is -2.37. The molecule has 2 aliphatic carbocycles. The highest BCUT2D eigenvalue weighted by Gasteiger charge is 2.37. The molecule has 0 aromatic heterocycles. The van der Waals surface area contributed by atoms with Crippen LogP contribution in [0.1, 0.15) is 44.9 Å². The zero-order valence-electron chi connectivity index (χ0n) is 10.6. The maximum absolute atomic E-state index is 12.2. The van der Waals surface area contributed by atoms with Crippen molar-refractivity contribution in [3.8, 4) is 0 Å². The van der Waals surface area contributed by atoms with E-state index in [0.717, 1.165) is 26.0 Å². The molecule has 2 atom stereocenters. The van der Waals surface area contributed by atoms with E-state index >= 15 is 0 Å². The van der Waals surface area contributed by atoms with Crippen LogP contribution >= 0.6 is 0 Å². The molecule has 3 fully saturated rings. The van der Waals surface area contributed by atoms with Gasteiger partial charge in [0.1, 0.15) is 5.78 Å². The number of fused-ring (bicyclic) bond motifs is 1. The van der Waals surface area contributed by atoms with Crippen LogP contribution in [0, 0.1) is 5.92 Å². The average Bonchev–Trinajstić information content (AvgIpc) is 3.00. The number of carbonyl (C=O) groups excluding carboxylic acids is 1. The molecule has 0 spiro atoms. The Morgan fingerprint density at radius 1 is 1.12 bits per heavy atom. The summed E-state index contributed by atoms with van der Waals surface area (Å²) in [5, 5.41) is 0. The summed E-state index contributed by atoms with van der Waals surface area (Å²) in [4.78, 5) is 14.6. The van der Waals surface area contributed by atoms with Gasteiger partial charge in [-0.3, -0.25) is 9.69 Å². The van der Waals surface area contributed by atoms with Crippen molar-refractivity contribution < 1.29 is 9.53 Å². The van der Waals surface area contributed by atoms with Gasteiger partial charge in [-0.1, -0.05) is 12.8 Å². The maximum Gasteiger partial charge on any atom is 0.149 e. The van der Waals surface area contributed by atoms with Crippen molar-refractivity contribution in [1.82, 2.24) is 4.90 Å². The molecular weight excluding hydrogens is 214 g/mol. The van der Waals surface area contributed by atoms with Gasteiger partial charge >= 0.3 is 0 Å². The summed E-state index contributed by atoms with van der Waals surface area (Å²) in [6.07, 6.45) is 8.89. The Bertz CT molecular complexity index is 286. The summed E-state index contributed by atoms with van der Waals surface area (Å²) in [6.45, 7) is 2.47. The molecule has 2 saturated carbocycles. The Labute approximate surface area is 104 Å². The largest absolute Gasteiger partial charge is 0.375 e. The minimum atomic E-state index is 0.373. The van der Waals surface area contributed by atoms with Crippen LogP contribution < -0.4 is 0 Å². The lowest BCUT2D eigenvalue weighted by Crippen LogP contribution is -2.50. The van der Waals surface area contributed by atoms with Crippen molar-refractivity contribution in [2.45, 2.75) is 57.1 Å². The molecule has 0 aromatic carbocycles. The molecule has 0 amide bonds. The molecule has 3 aliphatic rings. The number of ether oxygens (including phenoxy) is 1. The van der Waals surface area contributed by atoms with Gasteiger partial charge in [0.05, 0.1) is 19.3 Å². The first kappa shape index (κ1) is 11.7. The Hall–Kier alpha value is -0.410. The van der Waals surface area contributed by atoms with E-state index in [4.69, 9.17) is 4.74 Å². The van der Waals surface area contributed by atoms with Crippen molar-refractivity contribution in [1.29, 1.82) is 0 Å². The molecule has 2 unspecified atom stereocenters. The van der Waals surface area contributed by atoms with Gasteiger partial charge in [0.2, 0.25) is 0 Å². The Balaban J connectivity index is 1.58. The molecule has 1 aliphatic heterocycles. The first-order valence-electron chi connectivity index (χ1n) is 7.23. The lowest BCUT2D eigenvalue weighted by molar-refractivity contribution is -0.127. The molecule has 1 saturated heterocycles. The molecule has 1 heterocycles. The predicted molar refractivity (Wildman–Crippen MR) is 65.9 cm³/mol. The van der Waals surface area contributed by atoms with Gasteiger partial charge in [0.15, 0.2) is 0 Å². The maximum atomic E-state index is 12.2. The van der Waals surface area contributed by atoms with Crippen molar-refractivity contribution in [3.05, 3.63) is 0 Å². The van der Waals surface area contributed by atoms with Crippen LogP contribution in [0.5, 0.6) is 0 Å². The number of rotatable bonds is 3. The molecule has 0 aromatic rings. The van der Waals surface area contributed by atoms with E-state index in [1.165, 1.54) is 32.1 Å². The summed E-state index contributed by atoms with van der Waals surface area (Å²) in [5.74, 6) is 0.868. The van der Waals surface area contributed by atoms with E-state index in [2.05, 4.69) is 4.90 Å². The quantitative estimate of drug-likeness (QED) is 0.752. The standard InChI is InChI=1S/C14H23NO2/c16-13(11-4-1-2-5-11)10-15-8-9-17-14-7-3-6-12(14)15/h11-12,14H,1-10H2. The number of ketones is 1. The monoisotopic (exact) mass is 237 g/mol. The average molecular weight is 237 g/mol. The number of Topliss-reactive ketones (excluding diaryl/α,β-unsaturated/α-hetero) is 1. The minimum absolute atomic E-state index is 0.373. The summed E-state index contributed by atoms with van der Waals surface area (Å²) in [7, 11) is 0. The van der Waals surface area contributed by atoms with Crippen molar-refractivity contribution in [2.24, 2.45) is 5.92 Å². The molecule has 3 rings (SSSR count). The summed E-state index contributed by atoms with van der Waals surface area (Å²) in [5.41, 5.74) is 0. The van der Waals surface area contributed by atoms with Crippen molar-refractivity contribution >= 4 is 5.78 Å². The summed E-state index contributed by atoms with van der Waals surface area (Å²) in [6, 6.07) is 0.536. The number of carbonyl (C=O) groups is 1. The third kappa shape index (κ3) is 2.41. The van der Waals surface area contributed by atoms with Crippen molar-refractivity contribution in [3.63, 3.8) is 0 Å². The number of nitrogens with zero attached hydrogens (tertiary/aromatic N) is 1. The topological polar surface area (TPSA) is 29.5 Å². The van der Waals surface area contributed by atoms with E-state index in [-0.39, 0.29) is 0 Å². The van der Waals surface area contributed by atoms with E-state index in [9.17, 15) is 4.79 Å². The third-order valence-corrected chi connectivity index (χ3v) is 4.77. The van der Waals surface area contributed by atoms with Crippen LogP contribution in [0.15, 0.2) is 0 Å². The Morgan fingerprint density at radius 3 is 2.76 bits per heavy atom. The fraction of sp³-hybridized carbons (Fsp3) is 0.929. The Kier molecular flexibility index (Phi) is 3.48. The van der Waals surface area contributed by atoms with E-state index in [1.54, 1.807) is 0 Å². The second-order valence-corrected chi connectivity index (χ2v) is 5.83. The van der Waals surface area contributed by atoms with Gasteiger partial charge in [0, 0.05) is 18.5 Å². The van der Waals surface area contributed by atoms with Crippen LogP contribution in [-0.2, 0) is 9.53 Å². The number of hydrogen-bond donors (Lipinski definition) is 0. The predicted octanol–water partition coefficient (Wildman–Crippen LogP) is 2.00. The van der Waals surface area contributed by atoms with Crippen LogP contribution in [0.4, 0.5) is 0 Å². The highest BCUT2D eigenvalue weighted by molar-refractivity contribution is 5.83. The van der Waals surface area contributed by atoms with Crippen LogP contribution in [0.3, 0.4) is 0 Å². The SMILES string of the molecule is O=C(CN1CCOC2CCCC21)C1CCCC1. The van der Waals surface area contributed by atoms with Gasteiger partial charge in [0.25, 0.3) is 0 Å². The number of hydrogen-bond acceptors (Lipinski definition) is 3. The van der Waals surface area contributed by atoms with Gasteiger partial charge < -0.3 is 4.74 Å². The highest BCUT2D eigenvalue weighted by Crippen LogP contribution is 2.31. The van der Waals surface area contributed by atoms with Gasteiger partial charge in [-0.05, 0) is 32.1 Å². The molecule has 3 nitrogen and oxygen atoms in total. The second-order valence-electron chi connectivity index (χ2n) is 5.83. The highest BCUT2D eigenvalue weighted by atomic mass is 16.5. The second kappa shape index (κ2) is 5.07. The van der Waals surface area contributed by atoms with Crippen LogP contribution in [-0.4, -0.2) is 42.5 Å². The summed E-state index contributed by atoms with van der Waals surface area (Å²) < 4.78 is 5.79. The molecule has 17 heavy (non-hydrogen) atoms. The molecule has 0 bridgehead atoms. The molecule has 3 heteroatoms. The van der Waals surface area contributed by atoms with E-state index in [1.807, 2.05) is 0 Å². The third-order valence-electron chi connectivity index (χ3n) is 4.77. The lowest BCUT2D eigenvalue weighted by atomic mass is 10.0. The fourth-order valence-electron chi connectivity index (χ4n) is 3.78. The minimum Gasteiger partial charge on any atom is -0.375 e. The zero-order valence-corrected chi connectivity index (χ0v) is 10.6. The fourth-order valence-corrected chi connectivity index (χ4v) is 3.78. The molecule has 0 N–H and O–H groups in total. The first-order chi connectivity index (χ1) is 8.34. The van der Waals surface area contributed by atoms with Crippen molar-refractivity contribution in [2.75, 3.05) is 19.7 Å². The van der Waals surface area contributed by atoms with Gasteiger partial charge in [-0.2, -0.15) is 0 Å². The first-order valence-corrected chi connectivity index (χ1v) is 7.23. The Morgan fingerprint density at radius 2 is 1.94 bits per heavy atom. The van der Waals surface area contributed by atoms with Crippen LogP contribution in [0.25, 0.3) is 0 Å². The smallest absolute Gasteiger partial charge is 0.149 e. The van der Waals surface area contributed by atoms with Gasteiger partial charge in [-0.25, -0.2) is 0 Å². The van der Waals surface area contributed by atoms with E-state index < -0.39 is 0 Å². The van der Waals surface area contributed by atoms with Crippen LogP contribution in [0.2, 0.25) is 0 Å². The van der Waals surface area contributed by atoms with E-state index in [0.29, 0.717) is 30.4 Å². The zero-order chi connectivity index (χ0) is 11.7. The number of morpholine rings is 1.